The molecule has 1 fully saturated rings. The van der Waals surface area contributed by atoms with Crippen molar-refractivity contribution >= 4 is 28.5 Å². The van der Waals surface area contributed by atoms with Crippen LogP contribution in [0.4, 0.5) is 5.82 Å². The lowest BCUT2D eigenvalue weighted by atomic mass is 10.2. The minimum absolute atomic E-state index is 0.667. The zero-order valence-corrected chi connectivity index (χ0v) is 14.3. The van der Waals surface area contributed by atoms with Gasteiger partial charge in [0, 0.05) is 31.2 Å². The molecule has 0 bridgehead atoms. The van der Waals surface area contributed by atoms with Crippen molar-refractivity contribution in [2.24, 2.45) is 0 Å². The molecular formula is C17H19ClN6. The first-order valence-corrected chi connectivity index (χ1v) is 8.43. The molecule has 0 aliphatic carbocycles. The molecule has 0 spiro atoms. The Kier molecular flexibility index (Phi) is 4.08. The Hall–Kier alpha value is -2.18. The van der Waals surface area contributed by atoms with E-state index in [1.165, 1.54) is 0 Å². The van der Waals surface area contributed by atoms with Crippen molar-refractivity contribution in [3.05, 3.63) is 47.4 Å². The molecule has 0 radical (unpaired) electrons. The Morgan fingerprint density at radius 3 is 2.54 bits per heavy atom. The number of nitrogens with zero attached hydrogens (tertiary/aromatic N) is 6. The SMILES string of the molecule is CN1CCN(c2ncnc3c2cnn3Cc2ccc(Cl)cc2)CC1. The number of hydrogen-bond acceptors (Lipinski definition) is 5. The Bertz CT molecular complexity index is 836. The van der Waals surface area contributed by atoms with Gasteiger partial charge in [-0.25, -0.2) is 14.6 Å². The molecule has 24 heavy (non-hydrogen) atoms. The molecule has 0 unspecified atom stereocenters. The first-order valence-electron chi connectivity index (χ1n) is 8.05. The first kappa shape index (κ1) is 15.4. The van der Waals surface area contributed by atoms with E-state index in [9.17, 15) is 0 Å². The zero-order chi connectivity index (χ0) is 16.5. The third-order valence-electron chi connectivity index (χ3n) is 4.46. The number of rotatable bonds is 3. The van der Waals surface area contributed by atoms with E-state index in [-0.39, 0.29) is 0 Å². The molecule has 3 heterocycles. The standard InChI is InChI=1S/C17H19ClN6/c1-22-6-8-23(9-7-22)16-15-10-21-24(17(15)20-12-19-16)11-13-2-4-14(18)5-3-13/h2-5,10,12H,6-9,11H2,1H3. The molecule has 7 heteroatoms. The van der Waals surface area contributed by atoms with E-state index in [0.29, 0.717) is 6.54 Å². The number of piperazine rings is 1. The summed E-state index contributed by atoms with van der Waals surface area (Å²) in [6, 6.07) is 7.82. The largest absolute Gasteiger partial charge is 0.353 e. The fraction of sp³-hybridized carbons (Fsp3) is 0.353. The third-order valence-corrected chi connectivity index (χ3v) is 4.71. The van der Waals surface area contributed by atoms with Crippen LogP contribution < -0.4 is 4.90 Å². The summed E-state index contributed by atoms with van der Waals surface area (Å²) in [6.07, 6.45) is 3.51. The molecule has 1 aliphatic heterocycles. The smallest absolute Gasteiger partial charge is 0.163 e. The highest BCUT2D eigenvalue weighted by molar-refractivity contribution is 6.30. The van der Waals surface area contributed by atoms with Gasteiger partial charge in [0.05, 0.1) is 18.1 Å². The first-order chi connectivity index (χ1) is 11.7. The van der Waals surface area contributed by atoms with Gasteiger partial charge in [-0.1, -0.05) is 23.7 Å². The number of aromatic nitrogens is 4. The molecule has 1 saturated heterocycles. The van der Waals surface area contributed by atoms with Crippen LogP contribution >= 0.6 is 11.6 Å². The Morgan fingerprint density at radius 1 is 1.04 bits per heavy atom. The molecule has 3 aromatic rings. The summed E-state index contributed by atoms with van der Waals surface area (Å²) in [5.41, 5.74) is 2.01. The summed E-state index contributed by atoms with van der Waals surface area (Å²) in [6.45, 7) is 4.71. The van der Waals surface area contributed by atoms with Crippen LogP contribution in [0.2, 0.25) is 5.02 Å². The van der Waals surface area contributed by atoms with Crippen molar-refractivity contribution < 1.29 is 0 Å². The van der Waals surface area contributed by atoms with Gasteiger partial charge < -0.3 is 9.80 Å². The van der Waals surface area contributed by atoms with E-state index in [2.05, 4.69) is 31.9 Å². The fourth-order valence-corrected chi connectivity index (χ4v) is 3.16. The molecule has 4 rings (SSSR count). The average Bonchev–Trinajstić information content (AvgIpc) is 3.01. The number of benzene rings is 1. The van der Waals surface area contributed by atoms with Crippen LogP contribution in [-0.4, -0.2) is 57.9 Å². The molecule has 1 aromatic carbocycles. The van der Waals surface area contributed by atoms with Gasteiger partial charge in [0.1, 0.15) is 12.1 Å². The number of halogens is 1. The lowest BCUT2D eigenvalue weighted by Gasteiger charge is -2.33. The van der Waals surface area contributed by atoms with Crippen molar-refractivity contribution in [3.63, 3.8) is 0 Å². The fourth-order valence-electron chi connectivity index (χ4n) is 3.03. The Balaban J connectivity index is 1.65. The van der Waals surface area contributed by atoms with Crippen LogP contribution in [0.3, 0.4) is 0 Å². The van der Waals surface area contributed by atoms with Crippen molar-refractivity contribution in [2.75, 3.05) is 38.1 Å². The van der Waals surface area contributed by atoms with Crippen LogP contribution in [0, 0.1) is 0 Å². The summed E-state index contributed by atoms with van der Waals surface area (Å²) in [7, 11) is 2.15. The van der Waals surface area contributed by atoms with Crippen molar-refractivity contribution in [1.29, 1.82) is 0 Å². The topological polar surface area (TPSA) is 50.1 Å². The van der Waals surface area contributed by atoms with Crippen molar-refractivity contribution in [2.45, 2.75) is 6.54 Å². The normalized spacial score (nSPS) is 16.0. The highest BCUT2D eigenvalue weighted by Gasteiger charge is 2.19. The predicted octanol–water partition coefficient (Wildman–Crippen LogP) is 2.28. The molecule has 6 nitrogen and oxygen atoms in total. The van der Waals surface area contributed by atoms with Gasteiger partial charge in [0.25, 0.3) is 0 Å². The van der Waals surface area contributed by atoms with E-state index >= 15 is 0 Å². The summed E-state index contributed by atoms with van der Waals surface area (Å²) >= 11 is 5.95. The maximum atomic E-state index is 5.95. The van der Waals surface area contributed by atoms with Crippen LogP contribution in [0.1, 0.15) is 5.56 Å². The Morgan fingerprint density at radius 2 is 1.79 bits per heavy atom. The molecule has 0 saturated carbocycles. The monoisotopic (exact) mass is 342 g/mol. The van der Waals surface area contributed by atoms with E-state index < -0.39 is 0 Å². The highest BCUT2D eigenvalue weighted by atomic mass is 35.5. The van der Waals surface area contributed by atoms with E-state index in [0.717, 1.165) is 53.6 Å². The quantitative estimate of drug-likeness (QED) is 0.731. The summed E-state index contributed by atoms with van der Waals surface area (Å²) in [5, 5.41) is 6.28. The van der Waals surface area contributed by atoms with Crippen molar-refractivity contribution in [1.82, 2.24) is 24.6 Å². The summed E-state index contributed by atoms with van der Waals surface area (Å²) in [5.74, 6) is 0.982. The van der Waals surface area contributed by atoms with Crippen LogP contribution in [0.5, 0.6) is 0 Å². The van der Waals surface area contributed by atoms with Gasteiger partial charge in [-0.2, -0.15) is 5.10 Å². The maximum Gasteiger partial charge on any atom is 0.163 e. The van der Waals surface area contributed by atoms with E-state index in [1.54, 1.807) is 6.33 Å². The average molecular weight is 343 g/mol. The minimum atomic E-state index is 0.667. The van der Waals surface area contributed by atoms with Gasteiger partial charge in [-0.05, 0) is 24.7 Å². The van der Waals surface area contributed by atoms with Crippen LogP contribution in [0.15, 0.2) is 36.8 Å². The van der Waals surface area contributed by atoms with Gasteiger partial charge in [0.15, 0.2) is 5.65 Å². The summed E-state index contributed by atoms with van der Waals surface area (Å²) < 4.78 is 1.92. The third kappa shape index (κ3) is 2.95. The molecule has 1 aliphatic rings. The Labute approximate surface area is 145 Å². The lowest BCUT2D eigenvalue weighted by Crippen LogP contribution is -2.44. The minimum Gasteiger partial charge on any atom is -0.353 e. The van der Waals surface area contributed by atoms with Gasteiger partial charge >= 0.3 is 0 Å². The second-order valence-electron chi connectivity index (χ2n) is 6.15. The van der Waals surface area contributed by atoms with Gasteiger partial charge in [0.2, 0.25) is 0 Å². The number of hydrogen-bond donors (Lipinski definition) is 0. The summed E-state index contributed by atoms with van der Waals surface area (Å²) in [4.78, 5) is 13.6. The van der Waals surface area contributed by atoms with Crippen molar-refractivity contribution in [3.8, 4) is 0 Å². The second kappa shape index (κ2) is 6.37. The molecule has 0 atom stereocenters. The molecular weight excluding hydrogens is 324 g/mol. The number of fused-ring (bicyclic) bond motifs is 1. The number of likely N-dealkylation sites (N-methyl/N-ethyl adjacent to an activating group) is 1. The molecule has 2 aromatic heterocycles. The number of anilines is 1. The zero-order valence-electron chi connectivity index (χ0n) is 13.6. The predicted molar refractivity (Wildman–Crippen MR) is 95.6 cm³/mol. The van der Waals surface area contributed by atoms with Gasteiger partial charge in [-0.3, -0.25) is 0 Å². The lowest BCUT2D eigenvalue weighted by molar-refractivity contribution is 0.312. The highest BCUT2D eigenvalue weighted by Crippen LogP contribution is 2.24. The second-order valence-corrected chi connectivity index (χ2v) is 6.59. The van der Waals surface area contributed by atoms with Gasteiger partial charge in [-0.15, -0.1) is 0 Å². The van der Waals surface area contributed by atoms with Crippen LogP contribution in [0.25, 0.3) is 11.0 Å². The van der Waals surface area contributed by atoms with Crippen LogP contribution in [-0.2, 0) is 6.54 Å². The van der Waals surface area contributed by atoms with E-state index in [1.807, 2.05) is 35.1 Å². The maximum absolute atomic E-state index is 5.95. The van der Waals surface area contributed by atoms with E-state index in [4.69, 9.17) is 11.6 Å². The molecule has 124 valence electrons. The molecule has 0 amide bonds. The molecule has 0 N–H and O–H groups in total.